The lowest BCUT2D eigenvalue weighted by Gasteiger charge is -2.25. The minimum absolute atomic E-state index is 0.225. The van der Waals surface area contributed by atoms with Gasteiger partial charge in [-0.3, -0.25) is 9.69 Å². The highest BCUT2D eigenvalue weighted by molar-refractivity contribution is 5.95. The van der Waals surface area contributed by atoms with Gasteiger partial charge in [-0.05, 0) is 48.9 Å². The number of carbonyl (C=O) groups is 1. The van der Waals surface area contributed by atoms with Gasteiger partial charge in [0.2, 0.25) is 0 Å². The van der Waals surface area contributed by atoms with E-state index in [4.69, 9.17) is 4.74 Å². The van der Waals surface area contributed by atoms with Gasteiger partial charge in [0.15, 0.2) is 6.10 Å². The largest absolute Gasteiger partial charge is 0.481 e. The normalized spacial score (nSPS) is 11.6. The molecule has 0 N–H and O–H groups in total. The highest BCUT2D eigenvalue weighted by Gasteiger charge is 2.24. The van der Waals surface area contributed by atoms with E-state index in [1.165, 1.54) is 24.3 Å². The van der Waals surface area contributed by atoms with E-state index in [9.17, 15) is 9.18 Å². The quantitative estimate of drug-likeness (QED) is 0.668. The van der Waals surface area contributed by atoms with Crippen molar-refractivity contribution in [3.05, 3.63) is 90.4 Å². The molecule has 0 bridgehead atoms. The number of benzene rings is 2. The van der Waals surface area contributed by atoms with Gasteiger partial charge in [-0.15, -0.1) is 0 Å². The summed E-state index contributed by atoms with van der Waals surface area (Å²) in [6, 6.07) is 20.7. The van der Waals surface area contributed by atoms with Crippen LogP contribution in [0, 0.1) is 5.82 Å². The predicted molar refractivity (Wildman–Crippen MR) is 98.4 cm³/mol. The zero-order valence-electron chi connectivity index (χ0n) is 14.4. The van der Waals surface area contributed by atoms with Crippen LogP contribution in [-0.2, 0) is 11.3 Å². The van der Waals surface area contributed by atoms with Crippen molar-refractivity contribution < 1.29 is 13.9 Å². The monoisotopic (exact) mass is 350 g/mol. The van der Waals surface area contributed by atoms with Gasteiger partial charge >= 0.3 is 0 Å². The van der Waals surface area contributed by atoms with Crippen molar-refractivity contribution in [1.82, 2.24) is 4.98 Å². The molecule has 3 rings (SSSR count). The number of carbonyl (C=O) groups excluding carboxylic acids is 1. The zero-order valence-corrected chi connectivity index (χ0v) is 14.4. The first-order valence-electron chi connectivity index (χ1n) is 8.32. The lowest BCUT2D eigenvalue weighted by molar-refractivity contribution is -0.124. The average molecular weight is 350 g/mol. The standard InChI is InChI=1S/C21H19FN2O2/c1-16(26-19-12-10-18(22)11-13-19)21(25)24(20-9-5-6-14-23-20)15-17-7-3-2-4-8-17/h2-14,16H,15H2,1H3. The van der Waals surface area contributed by atoms with Gasteiger partial charge in [-0.25, -0.2) is 9.37 Å². The molecule has 1 unspecified atom stereocenters. The summed E-state index contributed by atoms with van der Waals surface area (Å²) in [5, 5.41) is 0. The molecule has 2 aromatic carbocycles. The molecule has 1 amide bonds. The van der Waals surface area contributed by atoms with Crippen LogP contribution in [0.3, 0.4) is 0 Å². The van der Waals surface area contributed by atoms with E-state index in [2.05, 4.69) is 4.98 Å². The molecule has 0 saturated heterocycles. The van der Waals surface area contributed by atoms with Crippen LogP contribution in [0.4, 0.5) is 10.2 Å². The first-order chi connectivity index (χ1) is 12.6. The lowest BCUT2D eigenvalue weighted by Crippen LogP contribution is -2.40. The molecule has 3 aromatic rings. The molecule has 132 valence electrons. The van der Waals surface area contributed by atoms with Crippen molar-refractivity contribution in [3.63, 3.8) is 0 Å². The molecule has 0 spiro atoms. The summed E-state index contributed by atoms with van der Waals surface area (Å²) in [5.74, 6) is 0.413. The topological polar surface area (TPSA) is 42.4 Å². The van der Waals surface area contributed by atoms with Gasteiger partial charge in [-0.1, -0.05) is 36.4 Å². The summed E-state index contributed by atoms with van der Waals surface area (Å²) < 4.78 is 18.7. The van der Waals surface area contributed by atoms with Crippen LogP contribution in [0.5, 0.6) is 5.75 Å². The van der Waals surface area contributed by atoms with E-state index in [0.717, 1.165) is 5.56 Å². The Bertz CT molecular complexity index is 839. The summed E-state index contributed by atoms with van der Waals surface area (Å²) in [6.07, 6.45) is 0.901. The highest BCUT2D eigenvalue weighted by Crippen LogP contribution is 2.19. The summed E-state index contributed by atoms with van der Waals surface area (Å²) in [6.45, 7) is 2.06. The third-order valence-electron chi connectivity index (χ3n) is 3.85. The van der Waals surface area contributed by atoms with E-state index in [-0.39, 0.29) is 11.7 Å². The number of pyridine rings is 1. The van der Waals surface area contributed by atoms with Crippen molar-refractivity contribution in [2.75, 3.05) is 4.90 Å². The van der Waals surface area contributed by atoms with Crippen LogP contribution in [0.2, 0.25) is 0 Å². The second kappa shape index (κ2) is 8.25. The number of ether oxygens (including phenoxy) is 1. The zero-order chi connectivity index (χ0) is 18.4. The smallest absolute Gasteiger partial charge is 0.269 e. The van der Waals surface area contributed by atoms with Crippen LogP contribution in [-0.4, -0.2) is 17.0 Å². The van der Waals surface area contributed by atoms with Gasteiger partial charge in [0.25, 0.3) is 5.91 Å². The average Bonchev–Trinajstić information content (AvgIpc) is 2.69. The Labute approximate surface area is 151 Å². The van der Waals surface area contributed by atoms with Crippen LogP contribution in [0.15, 0.2) is 79.0 Å². The van der Waals surface area contributed by atoms with Crippen molar-refractivity contribution in [3.8, 4) is 5.75 Å². The van der Waals surface area contributed by atoms with Gasteiger partial charge in [-0.2, -0.15) is 0 Å². The number of halogens is 1. The maximum atomic E-state index is 13.0. The number of nitrogens with zero attached hydrogens (tertiary/aromatic N) is 2. The number of hydrogen-bond acceptors (Lipinski definition) is 3. The van der Waals surface area contributed by atoms with E-state index >= 15 is 0 Å². The minimum atomic E-state index is -0.744. The summed E-state index contributed by atoms with van der Waals surface area (Å²) >= 11 is 0. The summed E-state index contributed by atoms with van der Waals surface area (Å²) in [4.78, 5) is 18.9. The highest BCUT2D eigenvalue weighted by atomic mass is 19.1. The van der Waals surface area contributed by atoms with Gasteiger partial charge in [0.1, 0.15) is 17.4 Å². The lowest BCUT2D eigenvalue weighted by atomic mass is 10.2. The van der Waals surface area contributed by atoms with E-state index in [1.807, 2.05) is 36.4 Å². The molecule has 0 fully saturated rings. The van der Waals surface area contributed by atoms with Crippen LogP contribution >= 0.6 is 0 Å². The summed E-state index contributed by atoms with van der Waals surface area (Å²) in [7, 11) is 0. The number of amides is 1. The fourth-order valence-corrected chi connectivity index (χ4v) is 2.54. The Morgan fingerprint density at radius 2 is 1.73 bits per heavy atom. The molecule has 1 aromatic heterocycles. The Kier molecular flexibility index (Phi) is 5.59. The Hall–Kier alpha value is -3.21. The van der Waals surface area contributed by atoms with E-state index < -0.39 is 6.10 Å². The Balaban J connectivity index is 1.80. The fraction of sp³-hybridized carbons (Fsp3) is 0.143. The molecule has 0 radical (unpaired) electrons. The number of aromatic nitrogens is 1. The SMILES string of the molecule is CC(Oc1ccc(F)cc1)C(=O)N(Cc1ccccc1)c1ccccn1. The molecule has 4 nitrogen and oxygen atoms in total. The third kappa shape index (κ3) is 4.45. The molecule has 1 heterocycles. The maximum Gasteiger partial charge on any atom is 0.269 e. The van der Waals surface area contributed by atoms with Crippen molar-refractivity contribution in [2.24, 2.45) is 0 Å². The van der Waals surface area contributed by atoms with Gasteiger partial charge in [0.05, 0.1) is 6.54 Å². The molecular weight excluding hydrogens is 331 g/mol. The van der Waals surface area contributed by atoms with Crippen LogP contribution in [0.1, 0.15) is 12.5 Å². The first kappa shape index (κ1) is 17.6. The molecule has 0 aliphatic heterocycles. The second-order valence-corrected chi connectivity index (χ2v) is 5.81. The minimum Gasteiger partial charge on any atom is -0.481 e. The van der Waals surface area contributed by atoms with Crippen LogP contribution in [0.25, 0.3) is 0 Å². The Morgan fingerprint density at radius 3 is 2.38 bits per heavy atom. The van der Waals surface area contributed by atoms with Crippen molar-refractivity contribution >= 4 is 11.7 Å². The van der Waals surface area contributed by atoms with Gasteiger partial charge in [0, 0.05) is 6.20 Å². The van der Waals surface area contributed by atoms with Gasteiger partial charge < -0.3 is 4.74 Å². The maximum absolute atomic E-state index is 13.0. The second-order valence-electron chi connectivity index (χ2n) is 5.81. The van der Waals surface area contributed by atoms with E-state index in [1.54, 1.807) is 30.2 Å². The van der Waals surface area contributed by atoms with Crippen molar-refractivity contribution in [2.45, 2.75) is 19.6 Å². The molecule has 5 heteroatoms. The number of anilines is 1. The number of hydrogen-bond donors (Lipinski definition) is 0. The fourth-order valence-electron chi connectivity index (χ4n) is 2.54. The van der Waals surface area contributed by atoms with Crippen LogP contribution < -0.4 is 9.64 Å². The molecule has 0 saturated carbocycles. The Morgan fingerprint density at radius 1 is 1.04 bits per heavy atom. The molecule has 0 aliphatic rings. The molecule has 1 atom stereocenters. The molecule has 26 heavy (non-hydrogen) atoms. The molecule has 0 aliphatic carbocycles. The summed E-state index contributed by atoms with van der Waals surface area (Å²) in [5.41, 5.74) is 0.987. The number of rotatable bonds is 6. The predicted octanol–water partition coefficient (Wildman–Crippen LogP) is 4.22. The third-order valence-corrected chi connectivity index (χ3v) is 3.85. The first-order valence-corrected chi connectivity index (χ1v) is 8.32. The van der Waals surface area contributed by atoms with Crippen molar-refractivity contribution in [1.29, 1.82) is 0 Å². The molecular formula is C21H19FN2O2. The van der Waals surface area contributed by atoms with E-state index in [0.29, 0.717) is 18.1 Å².